The fraction of sp³-hybridized carbons (Fsp3) is 0.667. The summed E-state index contributed by atoms with van der Waals surface area (Å²) in [6, 6.07) is -0.752. The van der Waals surface area contributed by atoms with Gasteiger partial charge in [-0.3, -0.25) is 4.79 Å². The third-order valence-electron chi connectivity index (χ3n) is 3.36. The van der Waals surface area contributed by atoms with E-state index in [-0.39, 0.29) is 18.5 Å². The van der Waals surface area contributed by atoms with E-state index in [1.807, 2.05) is 6.92 Å². The van der Waals surface area contributed by atoms with Crippen LogP contribution < -0.4 is 5.32 Å². The van der Waals surface area contributed by atoms with Gasteiger partial charge in [0.1, 0.15) is 6.04 Å². The summed E-state index contributed by atoms with van der Waals surface area (Å²) >= 11 is 0. The molecule has 1 N–H and O–H groups in total. The van der Waals surface area contributed by atoms with Crippen LogP contribution in [-0.2, 0) is 17.8 Å². The second kappa shape index (κ2) is 5.89. The number of likely N-dealkylation sites (N-methyl/N-ethyl adjacent to an activating group) is 1. The Morgan fingerprint density at radius 3 is 2.90 bits per heavy atom. The highest BCUT2D eigenvalue weighted by Crippen LogP contribution is 2.09. The van der Waals surface area contributed by atoms with E-state index in [1.54, 1.807) is 18.9 Å². The topological polar surface area (TPSA) is 91.6 Å². The van der Waals surface area contributed by atoms with E-state index in [2.05, 4.69) is 15.5 Å². The maximum Gasteiger partial charge on any atom is 0.318 e. The Bertz CT molecular complexity index is 501. The quantitative estimate of drug-likeness (QED) is 0.842. The molecule has 0 bridgehead atoms. The lowest BCUT2D eigenvalue weighted by molar-refractivity contribution is -0.137. The van der Waals surface area contributed by atoms with Crippen molar-refractivity contribution in [2.45, 2.75) is 32.9 Å². The molecule has 0 aliphatic carbocycles. The van der Waals surface area contributed by atoms with E-state index in [0.717, 1.165) is 0 Å². The molecule has 1 aromatic rings. The molecule has 0 saturated carbocycles. The summed E-state index contributed by atoms with van der Waals surface area (Å²) < 4.78 is 4.99. The molecule has 8 nitrogen and oxygen atoms in total. The third kappa shape index (κ3) is 2.89. The summed E-state index contributed by atoms with van der Waals surface area (Å²) in [6.45, 7) is 4.86. The molecule has 1 atom stereocenters. The Morgan fingerprint density at radius 2 is 2.25 bits per heavy atom. The van der Waals surface area contributed by atoms with Crippen LogP contribution in [0.5, 0.6) is 0 Å². The van der Waals surface area contributed by atoms with Crippen molar-refractivity contribution >= 4 is 11.9 Å². The molecule has 3 amide bonds. The Morgan fingerprint density at radius 1 is 1.50 bits per heavy atom. The van der Waals surface area contributed by atoms with Crippen LogP contribution in [0, 0.1) is 0 Å². The Hall–Kier alpha value is -2.12. The number of aromatic nitrogens is 2. The lowest BCUT2D eigenvalue weighted by atomic mass is 10.2. The van der Waals surface area contributed by atoms with Gasteiger partial charge >= 0.3 is 6.03 Å². The van der Waals surface area contributed by atoms with E-state index in [9.17, 15) is 9.59 Å². The Balaban J connectivity index is 1.90. The molecule has 0 radical (unpaired) electrons. The van der Waals surface area contributed by atoms with Gasteiger partial charge in [0.25, 0.3) is 0 Å². The van der Waals surface area contributed by atoms with Crippen LogP contribution in [0.2, 0.25) is 0 Å². The van der Waals surface area contributed by atoms with Gasteiger partial charge in [-0.2, -0.15) is 4.98 Å². The monoisotopic (exact) mass is 281 g/mol. The highest BCUT2D eigenvalue weighted by molar-refractivity contribution is 5.87. The number of urea groups is 1. The minimum atomic E-state index is -0.456. The number of carbonyl (C=O) groups excluding carboxylic acids is 2. The summed E-state index contributed by atoms with van der Waals surface area (Å²) in [7, 11) is 1.73. The zero-order valence-corrected chi connectivity index (χ0v) is 11.9. The average molecular weight is 281 g/mol. The predicted molar refractivity (Wildman–Crippen MR) is 69.7 cm³/mol. The number of nitrogens with one attached hydrogen (secondary N) is 1. The molecular formula is C12H19N5O3. The normalized spacial score (nSPS) is 19.4. The zero-order valence-electron chi connectivity index (χ0n) is 11.9. The molecule has 1 aromatic heterocycles. The first-order chi connectivity index (χ1) is 9.52. The van der Waals surface area contributed by atoms with Gasteiger partial charge in [-0.05, 0) is 6.92 Å². The predicted octanol–water partition coefficient (Wildman–Crippen LogP) is 0.00410. The molecule has 8 heteroatoms. The number of hydrogen-bond donors (Lipinski definition) is 1. The van der Waals surface area contributed by atoms with Crippen molar-refractivity contribution in [3.8, 4) is 0 Å². The van der Waals surface area contributed by atoms with Crippen LogP contribution in [0.3, 0.4) is 0 Å². The summed E-state index contributed by atoms with van der Waals surface area (Å²) in [5.41, 5.74) is 0. The third-order valence-corrected chi connectivity index (χ3v) is 3.36. The minimum absolute atomic E-state index is 0.0579. The summed E-state index contributed by atoms with van der Waals surface area (Å²) in [4.78, 5) is 31.1. The number of rotatable bonds is 3. The lowest BCUT2D eigenvalue weighted by Gasteiger charge is -2.37. The summed E-state index contributed by atoms with van der Waals surface area (Å²) in [6.07, 6.45) is 0.682. The second-order valence-corrected chi connectivity index (χ2v) is 4.75. The van der Waals surface area contributed by atoms with Crippen LogP contribution in [0.1, 0.15) is 25.6 Å². The highest BCUT2D eigenvalue weighted by Gasteiger charge is 2.32. The maximum absolute atomic E-state index is 12.1. The van der Waals surface area contributed by atoms with Gasteiger partial charge in [-0.1, -0.05) is 12.1 Å². The van der Waals surface area contributed by atoms with Crippen molar-refractivity contribution in [2.24, 2.45) is 0 Å². The first-order valence-electron chi connectivity index (χ1n) is 6.63. The van der Waals surface area contributed by atoms with Crippen molar-refractivity contribution in [2.75, 3.05) is 20.1 Å². The average Bonchev–Trinajstić information content (AvgIpc) is 2.90. The molecule has 1 saturated heterocycles. The van der Waals surface area contributed by atoms with Gasteiger partial charge in [-0.15, -0.1) is 0 Å². The summed E-state index contributed by atoms with van der Waals surface area (Å²) in [5.74, 6) is 0.915. The summed E-state index contributed by atoms with van der Waals surface area (Å²) in [5, 5.41) is 6.44. The SMILES string of the molecule is CCc1noc(CNC(=O)N2CCN(C)C(=O)[C@@H]2C)n1. The molecule has 110 valence electrons. The van der Waals surface area contributed by atoms with Gasteiger partial charge in [0.05, 0.1) is 6.54 Å². The molecule has 20 heavy (non-hydrogen) atoms. The molecule has 1 aliphatic heterocycles. The van der Waals surface area contributed by atoms with Crippen molar-refractivity contribution < 1.29 is 14.1 Å². The van der Waals surface area contributed by atoms with Crippen LogP contribution in [0.25, 0.3) is 0 Å². The number of nitrogens with zero attached hydrogens (tertiary/aromatic N) is 4. The fourth-order valence-electron chi connectivity index (χ4n) is 2.05. The number of hydrogen-bond acceptors (Lipinski definition) is 5. The van der Waals surface area contributed by atoms with E-state index in [0.29, 0.717) is 31.2 Å². The maximum atomic E-state index is 12.1. The van der Waals surface area contributed by atoms with Gasteiger partial charge in [0, 0.05) is 26.6 Å². The first kappa shape index (κ1) is 14.3. The number of carbonyl (C=O) groups is 2. The second-order valence-electron chi connectivity index (χ2n) is 4.75. The Labute approximate surface area is 117 Å². The molecular weight excluding hydrogens is 262 g/mol. The molecule has 2 rings (SSSR count). The Kier molecular flexibility index (Phi) is 4.21. The molecule has 1 aliphatic rings. The molecule has 0 unspecified atom stereocenters. The van der Waals surface area contributed by atoms with Gasteiger partial charge in [-0.25, -0.2) is 4.79 Å². The van der Waals surface area contributed by atoms with Gasteiger partial charge in [0.2, 0.25) is 11.8 Å². The van der Waals surface area contributed by atoms with Crippen molar-refractivity contribution in [1.82, 2.24) is 25.3 Å². The smallest absolute Gasteiger partial charge is 0.318 e. The zero-order chi connectivity index (χ0) is 14.7. The molecule has 0 aromatic carbocycles. The van der Waals surface area contributed by atoms with Crippen molar-refractivity contribution in [3.63, 3.8) is 0 Å². The van der Waals surface area contributed by atoms with Crippen molar-refractivity contribution in [1.29, 1.82) is 0 Å². The molecule has 1 fully saturated rings. The van der Waals surface area contributed by atoms with Gasteiger partial charge < -0.3 is 19.6 Å². The lowest BCUT2D eigenvalue weighted by Crippen LogP contribution is -2.58. The van der Waals surface area contributed by atoms with Crippen LogP contribution in [0.4, 0.5) is 4.79 Å². The standard InChI is InChI=1S/C12H19N5O3/c1-4-9-14-10(20-15-9)7-13-12(19)17-6-5-16(3)11(18)8(17)2/h8H,4-7H2,1-3H3,(H,13,19)/t8-/m0/s1. The first-order valence-corrected chi connectivity index (χ1v) is 6.63. The van der Waals surface area contributed by atoms with E-state index < -0.39 is 6.04 Å². The fourth-order valence-corrected chi connectivity index (χ4v) is 2.05. The number of aryl methyl sites for hydroxylation is 1. The number of piperazine rings is 1. The van der Waals surface area contributed by atoms with Crippen LogP contribution in [-0.4, -0.2) is 58.1 Å². The molecule has 0 spiro atoms. The highest BCUT2D eigenvalue weighted by atomic mass is 16.5. The molecule has 2 heterocycles. The largest absolute Gasteiger partial charge is 0.342 e. The van der Waals surface area contributed by atoms with Crippen LogP contribution in [0.15, 0.2) is 4.52 Å². The number of amides is 3. The van der Waals surface area contributed by atoms with Crippen LogP contribution >= 0.6 is 0 Å². The van der Waals surface area contributed by atoms with Crippen molar-refractivity contribution in [3.05, 3.63) is 11.7 Å². The van der Waals surface area contributed by atoms with Gasteiger partial charge in [0.15, 0.2) is 5.82 Å². The minimum Gasteiger partial charge on any atom is -0.342 e. The van der Waals surface area contributed by atoms with E-state index >= 15 is 0 Å². The van der Waals surface area contributed by atoms with E-state index in [1.165, 1.54) is 4.90 Å². The van der Waals surface area contributed by atoms with E-state index in [4.69, 9.17) is 4.52 Å².